The number of likely N-dealkylation sites (tertiary alicyclic amines) is 1. The molecule has 12 nitrogen and oxygen atoms in total. The van der Waals surface area contributed by atoms with Gasteiger partial charge in [0.1, 0.15) is 18.0 Å². The van der Waals surface area contributed by atoms with E-state index in [2.05, 4.69) is 20.1 Å². The molecule has 0 bridgehead atoms. The predicted octanol–water partition coefficient (Wildman–Crippen LogP) is -0.0999. The standard InChI is InChI=1S/C22H23F4N5OS.C4H6O6/c1-13-18(32-12-27-13)19-28-29-20(30(19)2)33-7-3-6-31-10-15-9-21(15,11-31)16-5-4-14(8-17(16)23)22(24,25)26;5-1(3(7)8)2(6)4(9)10/h4-5,8,12,15H,3,6-7,9-11H2,1-2H3;1-2,5-6H,(H,7,8)(H,9,10)/p-2/t15-,21-;/m0./s1. The summed E-state index contributed by atoms with van der Waals surface area (Å²) >= 11 is 1.60. The highest BCUT2D eigenvalue weighted by Gasteiger charge is 2.61. The zero-order valence-corrected chi connectivity index (χ0v) is 23.7. The average Bonchev–Trinajstić information content (AvgIpc) is 3.21. The number of piperidine rings is 1. The van der Waals surface area contributed by atoms with Gasteiger partial charge in [-0.1, -0.05) is 17.8 Å². The van der Waals surface area contributed by atoms with Crippen molar-refractivity contribution in [3.8, 4) is 11.6 Å². The van der Waals surface area contributed by atoms with Crippen LogP contribution in [-0.4, -0.2) is 84.4 Å². The van der Waals surface area contributed by atoms with Crippen molar-refractivity contribution >= 4 is 23.7 Å². The average molecular weight is 630 g/mol. The molecule has 2 N–H and O–H groups in total. The van der Waals surface area contributed by atoms with Gasteiger partial charge < -0.3 is 43.9 Å². The number of hydrogen-bond donors (Lipinski definition) is 2. The van der Waals surface area contributed by atoms with Crippen molar-refractivity contribution in [1.82, 2.24) is 24.6 Å². The summed E-state index contributed by atoms with van der Waals surface area (Å²) in [5, 5.41) is 45.0. The van der Waals surface area contributed by atoms with E-state index in [1.54, 1.807) is 11.8 Å². The van der Waals surface area contributed by atoms with Crippen molar-refractivity contribution in [2.24, 2.45) is 13.0 Å². The number of hydrogen-bond acceptors (Lipinski definition) is 12. The summed E-state index contributed by atoms with van der Waals surface area (Å²) in [5.74, 6) is -2.48. The van der Waals surface area contributed by atoms with Gasteiger partial charge in [0.05, 0.1) is 23.2 Å². The summed E-state index contributed by atoms with van der Waals surface area (Å²) in [6, 6.07) is 2.96. The van der Waals surface area contributed by atoms with E-state index in [0.29, 0.717) is 35.7 Å². The molecule has 1 aliphatic heterocycles. The second-order valence-corrected chi connectivity index (χ2v) is 11.4. The molecule has 1 aromatic carbocycles. The molecule has 43 heavy (non-hydrogen) atoms. The van der Waals surface area contributed by atoms with E-state index in [1.807, 2.05) is 18.5 Å². The first kappa shape index (κ1) is 32.4. The molecule has 234 valence electrons. The minimum absolute atomic E-state index is 0.308. The van der Waals surface area contributed by atoms with Crippen LogP contribution in [0.2, 0.25) is 0 Å². The lowest BCUT2D eigenvalue weighted by Gasteiger charge is -2.21. The number of aromatic nitrogens is 4. The fourth-order valence-corrected chi connectivity index (χ4v) is 5.97. The van der Waals surface area contributed by atoms with Gasteiger partial charge in [0, 0.05) is 31.3 Å². The fraction of sp³-hybridized carbons (Fsp3) is 0.500. The number of alkyl halides is 3. The van der Waals surface area contributed by atoms with Crippen molar-refractivity contribution in [3.63, 3.8) is 0 Å². The van der Waals surface area contributed by atoms with E-state index in [0.717, 1.165) is 48.6 Å². The Morgan fingerprint density at radius 3 is 2.44 bits per heavy atom. The van der Waals surface area contributed by atoms with Crippen molar-refractivity contribution in [1.29, 1.82) is 0 Å². The molecule has 2 aromatic heterocycles. The molecule has 3 aromatic rings. The molecule has 5 rings (SSSR count). The van der Waals surface area contributed by atoms with Gasteiger partial charge in [-0.3, -0.25) is 0 Å². The van der Waals surface area contributed by atoms with Crippen LogP contribution in [-0.2, 0) is 28.2 Å². The lowest BCUT2D eigenvalue weighted by atomic mass is 9.93. The Hall–Kier alpha value is -3.54. The summed E-state index contributed by atoms with van der Waals surface area (Å²) in [6.07, 6.45) is -6.28. The molecule has 0 radical (unpaired) electrons. The zero-order valence-electron chi connectivity index (χ0n) is 22.9. The number of aryl methyl sites for hydroxylation is 1. The number of carboxylic acids is 2. The highest BCUT2D eigenvalue weighted by atomic mass is 32.2. The van der Waals surface area contributed by atoms with Crippen LogP contribution in [0.5, 0.6) is 0 Å². The molecule has 0 amide bonds. The Morgan fingerprint density at radius 2 is 1.88 bits per heavy atom. The third-order valence-corrected chi connectivity index (χ3v) is 8.57. The topological polar surface area (TPSA) is 181 Å². The van der Waals surface area contributed by atoms with E-state index in [-0.39, 0.29) is 5.41 Å². The smallest absolute Gasteiger partial charge is 0.416 e. The van der Waals surface area contributed by atoms with Crippen LogP contribution in [0, 0.1) is 18.7 Å². The van der Waals surface area contributed by atoms with Crippen molar-refractivity contribution < 1.29 is 52.0 Å². The summed E-state index contributed by atoms with van der Waals surface area (Å²) in [4.78, 5) is 25.6. The molecule has 1 aliphatic carbocycles. The van der Waals surface area contributed by atoms with Gasteiger partial charge in [0.15, 0.2) is 17.3 Å². The Labute approximate surface area is 246 Å². The number of fused-ring (bicyclic) bond motifs is 1. The van der Waals surface area contributed by atoms with Crippen LogP contribution >= 0.6 is 11.8 Å². The second kappa shape index (κ2) is 12.6. The van der Waals surface area contributed by atoms with Gasteiger partial charge in [-0.25, -0.2) is 9.37 Å². The van der Waals surface area contributed by atoms with Crippen molar-refractivity contribution in [2.75, 3.05) is 25.4 Å². The third-order valence-electron chi connectivity index (χ3n) is 7.46. The third kappa shape index (κ3) is 7.00. The number of benzene rings is 1. The number of thioether (sulfide) groups is 1. The van der Waals surface area contributed by atoms with E-state index in [9.17, 15) is 37.4 Å². The number of carboxylic acid groups (broad SMARTS) is 2. The number of oxazole rings is 1. The predicted molar refractivity (Wildman–Crippen MR) is 136 cm³/mol. The van der Waals surface area contributed by atoms with Gasteiger partial charge in [0.25, 0.3) is 0 Å². The second-order valence-electron chi connectivity index (χ2n) is 10.3. The summed E-state index contributed by atoms with van der Waals surface area (Å²) in [7, 11) is 1.88. The number of aliphatic hydroxyl groups excluding tert-OH is 2. The van der Waals surface area contributed by atoms with Gasteiger partial charge >= 0.3 is 6.18 Å². The molecule has 1 saturated carbocycles. The number of carbonyl (C=O) groups excluding carboxylic acids is 2. The lowest BCUT2D eigenvalue weighted by Crippen LogP contribution is -2.51. The number of aliphatic carboxylic acids is 2. The number of nitrogens with zero attached hydrogens (tertiary/aromatic N) is 5. The lowest BCUT2D eigenvalue weighted by molar-refractivity contribution is -0.333. The highest BCUT2D eigenvalue weighted by Crippen LogP contribution is 2.59. The maximum atomic E-state index is 14.5. The van der Waals surface area contributed by atoms with E-state index >= 15 is 0 Å². The van der Waals surface area contributed by atoms with E-state index in [4.69, 9.17) is 14.6 Å². The monoisotopic (exact) mass is 629 g/mol. The largest absolute Gasteiger partial charge is 0.547 e. The Morgan fingerprint density at radius 1 is 1.21 bits per heavy atom. The first-order chi connectivity index (χ1) is 20.2. The molecule has 0 spiro atoms. The first-order valence-corrected chi connectivity index (χ1v) is 13.9. The number of carbonyl (C=O) groups is 2. The minimum Gasteiger partial charge on any atom is -0.547 e. The Bertz CT molecular complexity index is 1460. The van der Waals surface area contributed by atoms with Crippen LogP contribution in [0.3, 0.4) is 0 Å². The normalized spacial score (nSPS) is 21.1. The SMILES string of the molecule is Cc1ncoc1-c1nnc(SCCCN2C[C@@H]3C[C@]3(c3ccc(C(F)(F)F)cc3F)C2)n1C.O=C([O-])C(O)C(O)C(=O)[O-]. The number of halogens is 4. The molecule has 17 heteroatoms. The van der Waals surface area contributed by atoms with Crippen molar-refractivity contribution in [2.45, 2.75) is 48.7 Å². The molecule has 1 saturated heterocycles. The van der Waals surface area contributed by atoms with E-state index in [1.165, 1.54) is 12.5 Å². The number of aliphatic hydroxyl groups is 2. The van der Waals surface area contributed by atoms with E-state index < -0.39 is 41.7 Å². The zero-order chi connectivity index (χ0) is 31.7. The highest BCUT2D eigenvalue weighted by molar-refractivity contribution is 7.99. The maximum absolute atomic E-state index is 14.5. The van der Waals surface area contributed by atoms with Gasteiger partial charge in [-0.15, -0.1) is 10.2 Å². The van der Waals surface area contributed by atoms with Crippen LogP contribution < -0.4 is 10.2 Å². The molecule has 2 aliphatic rings. The van der Waals surface area contributed by atoms with Crippen LogP contribution in [0.25, 0.3) is 11.6 Å². The van der Waals surface area contributed by atoms with Gasteiger partial charge in [0.2, 0.25) is 5.82 Å². The van der Waals surface area contributed by atoms with Crippen LogP contribution in [0.15, 0.2) is 34.2 Å². The molecule has 2 fully saturated rings. The van der Waals surface area contributed by atoms with Crippen LogP contribution in [0.4, 0.5) is 17.6 Å². The molecule has 4 atom stereocenters. The van der Waals surface area contributed by atoms with Crippen LogP contribution in [0.1, 0.15) is 29.7 Å². The number of rotatable bonds is 10. The minimum atomic E-state index is -4.53. The Balaban J connectivity index is 0.000000365. The molecule has 3 heterocycles. The van der Waals surface area contributed by atoms with Gasteiger partial charge in [-0.2, -0.15) is 13.2 Å². The Kier molecular flexibility index (Phi) is 9.48. The van der Waals surface area contributed by atoms with Crippen molar-refractivity contribution in [3.05, 3.63) is 47.2 Å². The fourth-order valence-electron chi connectivity index (χ4n) is 5.13. The first-order valence-electron chi connectivity index (χ1n) is 13.0. The summed E-state index contributed by atoms with van der Waals surface area (Å²) in [5.41, 5.74) is -0.0937. The quantitative estimate of drug-likeness (QED) is 0.173. The van der Waals surface area contributed by atoms with Gasteiger partial charge in [-0.05, 0) is 49.9 Å². The molecule has 2 unspecified atom stereocenters. The molecular weight excluding hydrogens is 602 g/mol. The summed E-state index contributed by atoms with van der Waals surface area (Å²) < 4.78 is 60.4. The molecular formula is C26H27F4N5O7S-2. The summed E-state index contributed by atoms with van der Waals surface area (Å²) in [6.45, 7) is 4.23. The maximum Gasteiger partial charge on any atom is 0.416 e.